The SMILES string of the molecule is CC1=C(Br)C(C(F)(F)F)=CC(NCc2cc3oc(C(=O)O)cc3cc2F)C1. The number of hydrogen-bond acceptors (Lipinski definition) is 3. The van der Waals surface area contributed by atoms with E-state index in [9.17, 15) is 22.4 Å². The molecule has 1 heterocycles. The smallest absolute Gasteiger partial charge is 0.417 e. The molecular formula is C18H14BrF4NO3. The molecular weight excluding hydrogens is 434 g/mol. The second kappa shape index (κ2) is 7.12. The van der Waals surface area contributed by atoms with E-state index in [1.807, 2.05) is 0 Å². The molecule has 1 aliphatic carbocycles. The Bertz CT molecular complexity index is 975. The first-order valence-electron chi connectivity index (χ1n) is 7.89. The van der Waals surface area contributed by atoms with Crippen molar-refractivity contribution in [2.75, 3.05) is 0 Å². The lowest BCUT2D eigenvalue weighted by atomic mass is 9.96. The average Bonchev–Trinajstić information content (AvgIpc) is 2.97. The van der Waals surface area contributed by atoms with Gasteiger partial charge in [-0.15, -0.1) is 0 Å². The number of hydrogen-bond donors (Lipinski definition) is 2. The van der Waals surface area contributed by atoms with Crippen LogP contribution in [0.1, 0.15) is 29.5 Å². The number of furan rings is 1. The van der Waals surface area contributed by atoms with Gasteiger partial charge in [0.1, 0.15) is 11.4 Å². The van der Waals surface area contributed by atoms with Gasteiger partial charge in [-0.05, 0) is 31.5 Å². The molecule has 2 N–H and O–H groups in total. The highest BCUT2D eigenvalue weighted by Crippen LogP contribution is 2.40. The van der Waals surface area contributed by atoms with Crippen molar-refractivity contribution in [1.82, 2.24) is 5.32 Å². The van der Waals surface area contributed by atoms with Crippen LogP contribution in [0.15, 0.2) is 44.3 Å². The number of carboxylic acids is 1. The van der Waals surface area contributed by atoms with Crippen LogP contribution in [0.3, 0.4) is 0 Å². The fraction of sp³-hybridized carbons (Fsp3) is 0.278. The van der Waals surface area contributed by atoms with Crippen LogP contribution < -0.4 is 5.32 Å². The predicted octanol–water partition coefficient (Wildman–Crippen LogP) is 5.29. The topological polar surface area (TPSA) is 62.5 Å². The lowest BCUT2D eigenvalue weighted by Gasteiger charge is -2.25. The van der Waals surface area contributed by atoms with Gasteiger partial charge < -0.3 is 14.8 Å². The van der Waals surface area contributed by atoms with E-state index in [0.717, 1.165) is 12.1 Å². The van der Waals surface area contributed by atoms with E-state index in [1.54, 1.807) is 6.92 Å². The summed E-state index contributed by atoms with van der Waals surface area (Å²) in [6, 6.07) is 3.08. The molecule has 2 aromatic rings. The van der Waals surface area contributed by atoms with E-state index >= 15 is 0 Å². The molecule has 27 heavy (non-hydrogen) atoms. The first-order chi connectivity index (χ1) is 12.6. The summed E-state index contributed by atoms with van der Waals surface area (Å²) in [5.74, 6) is -2.19. The third-order valence-corrected chi connectivity index (χ3v) is 5.37. The van der Waals surface area contributed by atoms with Gasteiger partial charge in [0, 0.05) is 28.0 Å². The van der Waals surface area contributed by atoms with Crippen molar-refractivity contribution < 1.29 is 31.9 Å². The summed E-state index contributed by atoms with van der Waals surface area (Å²) >= 11 is 2.98. The number of halogens is 5. The minimum Gasteiger partial charge on any atom is -0.475 e. The Labute approximate surface area is 159 Å². The van der Waals surface area contributed by atoms with Crippen LogP contribution in [-0.2, 0) is 6.54 Å². The summed E-state index contributed by atoms with van der Waals surface area (Å²) in [7, 11) is 0. The summed E-state index contributed by atoms with van der Waals surface area (Å²) in [5, 5.41) is 12.1. The minimum absolute atomic E-state index is 0.0254. The lowest BCUT2D eigenvalue weighted by molar-refractivity contribution is -0.0892. The van der Waals surface area contributed by atoms with Gasteiger partial charge >= 0.3 is 12.1 Å². The van der Waals surface area contributed by atoms with Crippen LogP contribution >= 0.6 is 15.9 Å². The Kier molecular flexibility index (Phi) is 5.18. The maximum absolute atomic E-state index is 14.2. The quantitative estimate of drug-likeness (QED) is 0.625. The number of carbonyl (C=O) groups is 1. The van der Waals surface area contributed by atoms with Crippen molar-refractivity contribution >= 4 is 32.9 Å². The summed E-state index contributed by atoms with van der Waals surface area (Å²) in [4.78, 5) is 10.9. The molecule has 1 atom stereocenters. The number of benzene rings is 1. The van der Waals surface area contributed by atoms with Gasteiger partial charge in [-0.3, -0.25) is 0 Å². The number of alkyl halides is 3. The Hall–Kier alpha value is -2.13. The zero-order chi connectivity index (χ0) is 19.9. The van der Waals surface area contributed by atoms with Crippen LogP contribution in [0.2, 0.25) is 0 Å². The number of carboxylic acid groups (broad SMARTS) is 1. The Balaban J connectivity index is 1.81. The van der Waals surface area contributed by atoms with Gasteiger partial charge in [0.15, 0.2) is 0 Å². The Morgan fingerprint density at radius 3 is 2.70 bits per heavy atom. The molecule has 0 saturated heterocycles. The molecule has 0 aliphatic heterocycles. The van der Waals surface area contributed by atoms with Gasteiger partial charge in [-0.1, -0.05) is 27.6 Å². The second-order valence-electron chi connectivity index (χ2n) is 6.26. The largest absolute Gasteiger partial charge is 0.475 e. The maximum Gasteiger partial charge on any atom is 0.417 e. The molecule has 0 bridgehead atoms. The fourth-order valence-corrected chi connectivity index (χ4v) is 3.43. The van der Waals surface area contributed by atoms with E-state index in [-0.39, 0.29) is 27.9 Å². The van der Waals surface area contributed by atoms with E-state index in [1.165, 1.54) is 12.1 Å². The van der Waals surface area contributed by atoms with E-state index < -0.39 is 29.6 Å². The van der Waals surface area contributed by atoms with Crippen LogP contribution in [0.25, 0.3) is 11.0 Å². The summed E-state index contributed by atoms with van der Waals surface area (Å²) in [5.41, 5.74) is 0.133. The van der Waals surface area contributed by atoms with Gasteiger partial charge in [0.2, 0.25) is 5.76 Å². The van der Waals surface area contributed by atoms with Crippen molar-refractivity contribution in [2.45, 2.75) is 32.1 Å². The van der Waals surface area contributed by atoms with E-state index in [4.69, 9.17) is 9.52 Å². The standard InChI is InChI=1S/C18H14BrF4NO3/c1-8-2-11(6-12(16(8)19)18(21,22)23)24-7-10-5-14-9(3-13(10)20)4-15(27-14)17(25)26/h3-6,11,24H,2,7H2,1H3,(H,25,26). The molecule has 144 valence electrons. The highest BCUT2D eigenvalue weighted by atomic mass is 79.9. The molecule has 4 nitrogen and oxygen atoms in total. The van der Waals surface area contributed by atoms with Crippen LogP contribution in [-0.4, -0.2) is 23.3 Å². The van der Waals surface area contributed by atoms with Crippen molar-refractivity contribution in [3.05, 3.63) is 57.0 Å². The van der Waals surface area contributed by atoms with Crippen molar-refractivity contribution in [1.29, 1.82) is 0 Å². The Morgan fingerprint density at radius 1 is 1.37 bits per heavy atom. The number of fused-ring (bicyclic) bond motifs is 1. The zero-order valence-electron chi connectivity index (χ0n) is 14.0. The summed E-state index contributed by atoms with van der Waals surface area (Å²) < 4.78 is 58.8. The highest BCUT2D eigenvalue weighted by molar-refractivity contribution is 9.12. The highest BCUT2D eigenvalue weighted by Gasteiger charge is 2.38. The molecule has 0 amide bonds. The van der Waals surface area contributed by atoms with E-state index in [2.05, 4.69) is 21.2 Å². The number of aromatic carboxylic acids is 1. The molecule has 1 unspecified atom stereocenters. The Morgan fingerprint density at radius 2 is 2.07 bits per heavy atom. The van der Waals surface area contributed by atoms with Crippen molar-refractivity contribution in [3.63, 3.8) is 0 Å². The summed E-state index contributed by atoms with van der Waals surface area (Å²) in [6.45, 7) is 1.56. The first-order valence-corrected chi connectivity index (χ1v) is 8.69. The van der Waals surface area contributed by atoms with Crippen molar-refractivity contribution in [2.24, 2.45) is 0 Å². The second-order valence-corrected chi connectivity index (χ2v) is 7.05. The van der Waals surface area contributed by atoms with Gasteiger partial charge in [-0.2, -0.15) is 13.2 Å². The minimum atomic E-state index is -4.49. The molecule has 1 aromatic carbocycles. The molecule has 3 rings (SSSR count). The van der Waals surface area contributed by atoms with Gasteiger partial charge in [0.05, 0.1) is 5.57 Å². The molecule has 0 radical (unpaired) electrons. The van der Waals surface area contributed by atoms with Gasteiger partial charge in [-0.25, -0.2) is 9.18 Å². The van der Waals surface area contributed by atoms with Crippen LogP contribution in [0.5, 0.6) is 0 Å². The summed E-state index contributed by atoms with van der Waals surface area (Å²) in [6.07, 6.45) is -3.08. The molecule has 0 spiro atoms. The first kappa shape index (κ1) is 19.6. The number of allylic oxidation sites excluding steroid dienone is 2. The lowest BCUT2D eigenvalue weighted by Crippen LogP contribution is -2.31. The van der Waals surface area contributed by atoms with Crippen molar-refractivity contribution in [3.8, 4) is 0 Å². The van der Waals surface area contributed by atoms with Crippen LogP contribution in [0.4, 0.5) is 17.6 Å². The monoisotopic (exact) mass is 447 g/mol. The molecule has 1 aromatic heterocycles. The third-order valence-electron chi connectivity index (χ3n) is 4.26. The maximum atomic E-state index is 14.2. The van der Waals surface area contributed by atoms with Gasteiger partial charge in [0.25, 0.3) is 0 Å². The third kappa shape index (κ3) is 4.08. The number of rotatable bonds is 4. The molecule has 1 aliphatic rings. The number of nitrogens with one attached hydrogen (secondary N) is 1. The van der Waals surface area contributed by atoms with Crippen LogP contribution in [0, 0.1) is 5.82 Å². The zero-order valence-corrected chi connectivity index (χ0v) is 15.5. The fourth-order valence-electron chi connectivity index (χ4n) is 2.92. The normalized spacial score (nSPS) is 18.1. The van der Waals surface area contributed by atoms with E-state index in [0.29, 0.717) is 17.4 Å². The molecule has 9 heteroatoms. The average molecular weight is 448 g/mol. The predicted molar refractivity (Wildman–Crippen MR) is 94.1 cm³/mol. The molecule has 0 fully saturated rings. The molecule has 0 saturated carbocycles.